The molecule has 0 amide bonds. The van der Waals surface area contributed by atoms with Crippen LogP contribution in [0.25, 0.3) is 0 Å². The van der Waals surface area contributed by atoms with Gasteiger partial charge in [0.05, 0.1) is 10.2 Å². The molecule has 0 unspecified atom stereocenters. The van der Waals surface area contributed by atoms with Gasteiger partial charge in [-0.1, -0.05) is 0 Å². The predicted octanol–water partition coefficient (Wildman–Crippen LogP) is 2.45. The van der Waals surface area contributed by atoms with Gasteiger partial charge in [-0.15, -0.1) is 11.3 Å². The second-order valence-electron chi connectivity index (χ2n) is 2.23. The van der Waals surface area contributed by atoms with E-state index in [1.54, 1.807) is 0 Å². The van der Waals surface area contributed by atoms with Gasteiger partial charge in [-0.25, -0.2) is 0 Å². The zero-order valence-electron chi connectivity index (χ0n) is 5.93. The van der Waals surface area contributed by atoms with Crippen LogP contribution in [0.2, 0.25) is 0 Å². The summed E-state index contributed by atoms with van der Waals surface area (Å²) >= 11 is 4.86. The Bertz CT molecular complexity index is 280. The van der Waals surface area contributed by atoms with Gasteiger partial charge in [0.25, 0.3) is 0 Å². The van der Waals surface area contributed by atoms with Gasteiger partial charge in [-0.05, 0) is 39.4 Å². The summed E-state index contributed by atoms with van der Waals surface area (Å²) in [5, 5.41) is 10.4. The molecule has 0 spiro atoms. The number of carboxylic acid groups (broad SMARTS) is 1. The fourth-order valence-electron chi connectivity index (χ4n) is 0.763. The van der Waals surface area contributed by atoms with Gasteiger partial charge in [0.1, 0.15) is 0 Å². The molecule has 0 aromatic carbocycles. The molecule has 60 valence electrons. The molecule has 0 aliphatic carbocycles. The van der Waals surface area contributed by atoms with Crippen LogP contribution in [0.4, 0.5) is 0 Å². The van der Waals surface area contributed by atoms with Crippen molar-refractivity contribution in [2.24, 2.45) is 0 Å². The standard InChI is InChI=1S/C7H7BrO2S/c1-4-5(2-6(9)10)3-11-7(4)8/h3H,2H2,1H3,(H,9,10). The van der Waals surface area contributed by atoms with Crippen molar-refractivity contribution in [3.8, 4) is 0 Å². The molecule has 1 N–H and O–H groups in total. The molecule has 0 saturated carbocycles. The smallest absolute Gasteiger partial charge is 0.307 e. The monoisotopic (exact) mass is 234 g/mol. The molecular weight excluding hydrogens is 228 g/mol. The van der Waals surface area contributed by atoms with E-state index in [0.717, 1.165) is 14.9 Å². The third-order valence-electron chi connectivity index (χ3n) is 1.42. The van der Waals surface area contributed by atoms with Gasteiger partial charge in [0.15, 0.2) is 0 Å². The van der Waals surface area contributed by atoms with Crippen molar-refractivity contribution in [3.63, 3.8) is 0 Å². The zero-order valence-corrected chi connectivity index (χ0v) is 8.33. The van der Waals surface area contributed by atoms with Crippen LogP contribution in [0.15, 0.2) is 9.17 Å². The van der Waals surface area contributed by atoms with Gasteiger partial charge >= 0.3 is 5.97 Å². The highest BCUT2D eigenvalue weighted by molar-refractivity contribution is 9.11. The third-order valence-corrected chi connectivity index (χ3v) is 3.49. The molecule has 11 heavy (non-hydrogen) atoms. The number of carbonyl (C=O) groups is 1. The number of hydrogen-bond donors (Lipinski definition) is 1. The summed E-state index contributed by atoms with van der Waals surface area (Å²) in [6, 6.07) is 0. The number of carboxylic acids is 1. The van der Waals surface area contributed by atoms with E-state index >= 15 is 0 Å². The van der Waals surface area contributed by atoms with Crippen molar-refractivity contribution in [2.75, 3.05) is 0 Å². The van der Waals surface area contributed by atoms with Crippen LogP contribution in [-0.2, 0) is 11.2 Å². The van der Waals surface area contributed by atoms with Crippen LogP contribution in [0, 0.1) is 6.92 Å². The number of hydrogen-bond acceptors (Lipinski definition) is 2. The Morgan fingerprint density at radius 2 is 2.45 bits per heavy atom. The lowest BCUT2D eigenvalue weighted by Crippen LogP contribution is -1.99. The molecular formula is C7H7BrO2S. The van der Waals surface area contributed by atoms with Gasteiger partial charge in [0, 0.05) is 0 Å². The molecule has 0 aliphatic heterocycles. The number of rotatable bonds is 2. The van der Waals surface area contributed by atoms with Gasteiger partial charge in [0.2, 0.25) is 0 Å². The van der Waals surface area contributed by atoms with E-state index in [2.05, 4.69) is 15.9 Å². The third kappa shape index (κ3) is 2.04. The highest BCUT2D eigenvalue weighted by Crippen LogP contribution is 2.27. The van der Waals surface area contributed by atoms with Crippen molar-refractivity contribution in [1.29, 1.82) is 0 Å². The van der Waals surface area contributed by atoms with Crippen molar-refractivity contribution < 1.29 is 9.90 Å². The van der Waals surface area contributed by atoms with E-state index in [1.165, 1.54) is 11.3 Å². The number of thiophene rings is 1. The summed E-state index contributed by atoms with van der Waals surface area (Å²) in [5.74, 6) is -0.779. The van der Waals surface area contributed by atoms with Crippen molar-refractivity contribution in [1.82, 2.24) is 0 Å². The maximum atomic E-state index is 10.3. The number of halogens is 1. The SMILES string of the molecule is Cc1c(CC(=O)O)csc1Br. The molecule has 0 radical (unpaired) electrons. The fraction of sp³-hybridized carbons (Fsp3) is 0.286. The van der Waals surface area contributed by atoms with Crippen LogP contribution < -0.4 is 0 Å². The normalized spacial score (nSPS) is 10.0. The summed E-state index contributed by atoms with van der Waals surface area (Å²) in [4.78, 5) is 10.3. The van der Waals surface area contributed by atoms with E-state index in [1.807, 2.05) is 12.3 Å². The van der Waals surface area contributed by atoms with Gasteiger partial charge in [-0.3, -0.25) is 4.79 Å². The molecule has 1 aromatic heterocycles. The first-order valence-corrected chi connectivity index (χ1v) is 4.72. The molecule has 0 aliphatic rings. The van der Waals surface area contributed by atoms with E-state index in [-0.39, 0.29) is 6.42 Å². The summed E-state index contributed by atoms with van der Waals surface area (Å²) in [5.41, 5.74) is 1.94. The minimum atomic E-state index is -0.779. The zero-order chi connectivity index (χ0) is 8.43. The molecule has 2 nitrogen and oxygen atoms in total. The highest BCUT2D eigenvalue weighted by Gasteiger charge is 2.07. The molecule has 0 fully saturated rings. The molecule has 1 aromatic rings. The quantitative estimate of drug-likeness (QED) is 0.854. The van der Waals surface area contributed by atoms with E-state index in [0.29, 0.717) is 0 Å². The van der Waals surface area contributed by atoms with Crippen LogP contribution in [0.3, 0.4) is 0 Å². The summed E-state index contributed by atoms with van der Waals surface area (Å²) in [7, 11) is 0. The molecule has 0 bridgehead atoms. The lowest BCUT2D eigenvalue weighted by molar-refractivity contribution is -0.136. The average molecular weight is 235 g/mol. The van der Waals surface area contributed by atoms with E-state index in [9.17, 15) is 4.79 Å². The fourth-order valence-corrected chi connectivity index (χ4v) is 2.11. The second kappa shape index (κ2) is 3.36. The Labute approximate surface area is 77.0 Å². The van der Waals surface area contributed by atoms with Gasteiger partial charge < -0.3 is 5.11 Å². The van der Waals surface area contributed by atoms with Crippen LogP contribution in [-0.4, -0.2) is 11.1 Å². The van der Waals surface area contributed by atoms with Gasteiger partial charge in [-0.2, -0.15) is 0 Å². The Morgan fingerprint density at radius 3 is 2.82 bits per heavy atom. The largest absolute Gasteiger partial charge is 0.481 e. The topological polar surface area (TPSA) is 37.3 Å². The molecule has 0 atom stereocenters. The van der Waals surface area contributed by atoms with Crippen molar-refractivity contribution in [2.45, 2.75) is 13.3 Å². The Kier molecular flexibility index (Phi) is 2.67. The Balaban J connectivity index is 2.87. The van der Waals surface area contributed by atoms with Crippen LogP contribution in [0.1, 0.15) is 11.1 Å². The number of aliphatic carboxylic acids is 1. The predicted molar refractivity (Wildman–Crippen MR) is 48.1 cm³/mol. The highest BCUT2D eigenvalue weighted by atomic mass is 79.9. The molecule has 4 heteroatoms. The lowest BCUT2D eigenvalue weighted by atomic mass is 10.2. The maximum Gasteiger partial charge on any atom is 0.307 e. The van der Waals surface area contributed by atoms with Crippen molar-refractivity contribution in [3.05, 3.63) is 20.3 Å². The summed E-state index contributed by atoms with van der Waals surface area (Å²) in [6.07, 6.45) is 0.119. The van der Waals surface area contributed by atoms with Crippen LogP contribution in [0.5, 0.6) is 0 Å². The summed E-state index contributed by atoms with van der Waals surface area (Å²) < 4.78 is 1.02. The average Bonchev–Trinajstić information content (AvgIpc) is 2.18. The lowest BCUT2D eigenvalue weighted by Gasteiger charge is -1.93. The van der Waals surface area contributed by atoms with Crippen LogP contribution >= 0.6 is 27.3 Å². The summed E-state index contributed by atoms with van der Waals surface area (Å²) in [6.45, 7) is 1.92. The molecule has 0 saturated heterocycles. The first-order valence-electron chi connectivity index (χ1n) is 3.05. The molecule has 1 rings (SSSR count). The van der Waals surface area contributed by atoms with Crippen molar-refractivity contribution >= 4 is 33.2 Å². The Morgan fingerprint density at radius 1 is 1.82 bits per heavy atom. The first kappa shape index (κ1) is 8.74. The van der Waals surface area contributed by atoms with E-state index < -0.39 is 5.97 Å². The first-order chi connectivity index (χ1) is 5.11. The second-order valence-corrected chi connectivity index (χ2v) is 4.43. The molecule has 1 heterocycles. The van der Waals surface area contributed by atoms with E-state index in [4.69, 9.17) is 5.11 Å². The minimum Gasteiger partial charge on any atom is -0.481 e. The minimum absolute atomic E-state index is 0.119. The Hall–Kier alpha value is -0.350. The maximum absolute atomic E-state index is 10.3.